The van der Waals surface area contributed by atoms with Crippen molar-refractivity contribution in [2.45, 2.75) is 24.8 Å². The lowest BCUT2D eigenvalue weighted by Crippen LogP contribution is -2.27. The van der Waals surface area contributed by atoms with Crippen LogP contribution >= 0.6 is 0 Å². The van der Waals surface area contributed by atoms with Gasteiger partial charge in [-0.1, -0.05) is 0 Å². The molecule has 0 aliphatic heterocycles. The molecule has 0 aliphatic carbocycles. The van der Waals surface area contributed by atoms with E-state index in [9.17, 15) is 12.8 Å². The van der Waals surface area contributed by atoms with Gasteiger partial charge < -0.3 is 9.47 Å². The molecule has 0 aliphatic rings. The second-order valence-electron chi connectivity index (χ2n) is 5.36. The zero-order valence-corrected chi connectivity index (χ0v) is 14.8. The van der Waals surface area contributed by atoms with E-state index in [1.54, 1.807) is 25.1 Å². The van der Waals surface area contributed by atoms with Crippen molar-refractivity contribution in [3.05, 3.63) is 53.3 Å². The van der Waals surface area contributed by atoms with Gasteiger partial charge in [0.15, 0.2) is 0 Å². The summed E-state index contributed by atoms with van der Waals surface area (Å²) in [5, 5.41) is 0. The van der Waals surface area contributed by atoms with Crippen LogP contribution in [-0.4, -0.2) is 22.6 Å². The number of aryl methyl sites for hydroxylation is 1. The van der Waals surface area contributed by atoms with Crippen molar-refractivity contribution >= 4 is 10.0 Å². The summed E-state index contributed by atoms with van der Waals surface area (Å²) in [7, 11) is -0.765. The molecule has 0 amide bonds. The van der Waals surface area contributed by atoms with Gasteiger partial charge in [-0.15, -0.1) is 0 Å². The molecule has 1 N–H and O–H groups in total. The van der Waals surface area contributed by atoms with Gasteiger partial charge in [-0.25, -0.2) is 17.5 Å². The summed E-state index contributed by atoms with van der Waals surface area (Å²) >= 11 is 0. The first-order valence-corrected chi connectivity index (χ1v) is 8.77. The average Bonchev–Trinajstić information content (AvgIpc) is 2.56. The van der Waals surface area contributed by atoms with Gasteiger partial charge in [0.2, 0.25) is 10.0 Å². The number of rotatable bonds is 6. The zero-order valence-electron chi connectivity index (χ0n) is 14.0. The molecule has 2 rings (SSSR count). The normalized spacial score (nSPS) is 12.7. The molecule has 0 heterocycles. The smallest absolute Gasteiger partial charge is 0.241 e. The summed E-state index contributed by atoms with van der Waals surface area (Å²) in [5.41, 5.74) is 0.906. The van der Waals surface area contributed by atoms with Crippen molar-refractivity contribution < 1.29 is 22.3 Å². The maximum atomic E-state index is 13.4. The van der Waals surface area contributed by atoms with Crippen LogP contribution in [0.1, 0.15) is 24.1 Å². The highest BCUT2D eigenvalue weighted by Crippen LogP contribution is 2.30. The van der Waals surface area contributed by atoms with Gasteiger partial charge in [-0.05, 0) is 55.8 Å². The first-order chi connectivity index (χ1) is 11.3. The Morgan fingerprint density at radius 2 is 1.79 bits per heavy atom. The van der Waals surface area contributed by atoms with Gasteiger partial charge in [0.25, 0.3) is 0 Å². The zero-order chi connectivity index (χ0) is 17.9. The number of benzene rings is 2. The number of sulfonamides is 1. The van der Waals surface area contributed by atoms with Crippen molar-refractivity contribution in [1.82, 2.24) is 4.72 Å². The summed E-state index contributed by atoms with van der Waals surface area (Å²) in [6.45, 7) is 3.22. The van der Waals surface area contributed by atoms with Crippen molar-refractivity contribution in [3.63, 3.8) is 0 Å². The van der Waals surface area contributed by atoms with Crippen LogP contribution in [0.5, 0.6) is 11.5 Å². The van der Waals surface area contributed by atoms with Gasteiger partial charge in [-0.3, -0.25) is 0 Å². The van der Waals surface area contributed by atoms with E-state index in [4.69, 9.17) is 9.47 Å². The van der Waals surface area contributed by atoms with E-state index in [1.165, 1.54) is 33.3 Å². The number of hydrogen-bond acceptors (Lipinski definition) is 4. The molecule has 2 aromatic rings. The Labute approximate surface area is 141 Å². The fraction of sp³-hybridized carbons (Fsp3) is 0.294. The fourth-order valence-corrected chi connectivity index (χ4v) is 3.63. The molecule has 24 heavy (non-hydrogen) atoms. The van der Waals surface area contributed by atoms with Crippen molar-refractivity contribution in [2.24, 2.45) is 0 Å². The van der Waals surface area contributed by atoms with Crippen LogP contribution in [0.25, 0.3) is 0 Å². The largest absolute Gasteiger partial charge is 0.497 e. The minimum absolute atomic E-state index is 0.00936. The molecule has 5 nitrogen and oxygen atoms in total. The Bertz CT molecular complexity index is 836. The van der Waals surface area contributed by atoms with Crippen LogP contribution in [-0.2, 0) is 10.0 Å². The van der Waals surface area contributed by atoms with E-state index in [2.05, 4.69) is 4.72 Å². The molecule has 0 saturated heterocycles. The van der Waals surface area contributed by atoms with Gasteiger partial charge >= 0.3 is 0 Å². The molecular formula is C17H20FNO4S. The molecule has 0 saturated carbocycles. The Morgan fingerprint density at radius 1 is 1.08 bits per heavy atom. The standard InChI is InChI=1S/C17H20FNO4S/c1-11-9-14(6-7-16(11)18)24(20,21)19-12(2)15-10-13(22-3)5-8-17(15)23-4/h5-10,12,19H,1-4H3. The fourth-order valence-electron chi connectivity index (χ4n) is 2.33. The van der Waals surface area contributed by atoms with Gasteiger partial charge in [0, 0.05) is 11.6 Å². The van der Waals surface area contributed by atoms with Gasteiger partial charge in [0.05, 0.1) is 19.1 Å². The van der Waals surface area contributed by atoms with E-state index in [0.717, 1.165) is 6.07 Å². The molecule has 0 radical (unpaired) electrons. The SMILES string of the molecule is COc1ccc(OC)c(C(C)NS(=O)(=O)c2ccc(F)c(C)c2)c1. The third kappa shape index (κ3) is 3.85. The van der Waals surface area contributed by atoms with Crippen LogP contribution in [0.15, 0.2) is 41.3 Å². The van der Waals surface area contributed by atoms with Crippen molar-refractivity contribution in [1.29, 1.82) is 0 Å². The van der Waals surface area contributed by atoms with E-state index < -0.39 is 21.9 Å². The predicted molar refractivity (Wildman–Crippen MR) is 89.4 cm³/mol. The number of ether oxygens (including phenoxy) is 2. The maximum Gasteiger partial charge on any atom is 0.241 e. The molecule has 1 unspecified atom stereocenters. The van der Waals surface area contributed by atoms with E-state index >= 15 is 0 Å². The number of halogens is 1. The number of nitrogens with one attached hydrogen (secondary N) is 1. The Balaban J connectivity index is 2.34. The first kappa shape index (κ1) is 18.2. The second kappa shape index (κ2) is 7.19. The Hall–Kier alpha value is -2.12. The van der Waals surface area contributed by atoms with Crippen molar-refractivity contribution in [2.75, 3.05) is 14.2 Å². The molecule has 0 bridgehead atoms. The molecule has 130 valence electrons. The van der Waals surface area contributed by atoms with Gasteiger partial charge in [0.1, 0.15) is 17.3 Å². The molecule has 1 atom stereocenters. The molecule has 7 heteroatoms. The topological polar surface area (TPSA) is 64.6 Å². The molecule has 2 aromatic carbocycles. The highest BCUT2D eigenvalue weighted by atomic mass is 32.2. The van der Waals surface area contributed by atoms with Crippen LogP contribution in [0.4, 0.5) is 4.39 Å². The number of hydrogen-bond donors (Lipinski definition) is 1. The summed E-state index contributed by atoms with van der Waals surface area (Å²) in [4.78, 5) is 0.00936. The van der Waals surface area contributed by atoms with Crippen molar-refractivity contribution in [3.8, 4) is 11.5 Å². The molecule has 0 spiro atoms. The average molecular weight is 353 g/mol. The highest BCUT2D eigenvalue weighted by molar-refractivity contribution is 7.89. The van der Waals surface area contributed by atoms with E-state index in [0.29, 0.717) is 17.1 Å². The lowest BCUT2D eigenvalue weighted by molar-refractivity contribution is 0.395. The maximum absolute atomic E-state index is 13.4. The molecule has 0 aromatic heterocycles. The molecule has 0 fully saturated rings. The highest BCUT2D eigenvalue weighted by Gasteiger charge is 2.21. The second-order valence-corrected chi connectivity index (χ2v) is 7.08. The molecular weight excluding hydrogens is 333 g/mol. The Kier molecular flexibility index (Phi) is 5.46. The van der Waals surface area contributed by atoms with E-state index in [-0.39, 0.29) is 10.5 Å². The van der Waals surface area contributed by atoms with Crippen LogP contribution < -0.4 is 14.2 Å². The lowest BCUT2D eigenvalue weighted by Gasteiger charge is -2.18. The Morgan fingerprint density at radius 3 is 2.38 bits per heavy atom. The van der Waals surface area contributed by atoms with Crippen LogP contribution in [0.3, 0.4) is 0 Å². The van der Waals surface area contributed by atoms with E-state index in [1.807, 2.05) is 0 Å². The summed E-state index contributed by atoms with van der Waals surface area (Å²) in [6.07, 6.45) is 0. The minimum atomic E-state index is -3.80. The summed E-state index contributed by atoms with van der Waals surface area (Å²) < 4.78 is 51.4. The monoisotopic (exact) mass is 353 g/mol. The third-order valence-corrected chi connectivity index (χ3v) is 5.21. The summed E-state index contributed by atoms with van der Waals surface area (Å²) in [5.74, 6) is 0.687. The van der Waals surface area contributed by atoms with Crippen LogP contribution in [0, 0.1) is 12.7 Å². The summed E-state index contributed by atoms with van der Waals surface area (Å²) in [6, 6.07) is 8.26. The van der Waals surface area contributed by atoms with Gasteiger partial charge in [-0.2, -0.15) is 0 Å². The predicted octanol–water partition coefficient (Wildman–Crippen LogP) is 3.19. The first-order valence-electron chi connectivity index (χ1n) is 7.29. The third-order valence-electron chi connectivity index (χ3n) is 3.68. The number of methoxy groups -OCH3 is 2. The lowest BCUT2D eigenvalue weighted by atomic mass is 10.1. The van der Waals surface area contributed by atoms with Crippen LogP contribution in [0.2, 0.25) is 0 Å². The quantitative estimate of drug-likeness (QED) is 0.866. The minimum Gasteiger partial charge on any atom is -0.497 e.